The van der Waals surface area contributed by atoms with E-state index in [1.54, 1.807) is 10.9 Å². The summed E-state index contributed by atoms with van der Waals surface area (Å²) >= 11 is 0. The lowest BCUT2D eigenvalue weighted by atomic mass is 10.1. The highest BCUT2D eigenvalue weighted by Crippen LogP contribution is 2.31. The second kappa shape index (κ2) is 10.7. The van der Waals surface area contributed by atoms with E-state index in [2.05, 4.69) is 10.1 Å². The Kier molecular flexibility index (Phi) is 7.22. The monoisotopic (exact) mass is 506 g/mol. The Hall–Kier alpha value is -3.73. The summed E-state index contributed by atoms with van der Waals surface area (Å²) in [6.07, 6.45) is 2.15. The molecule has 2 aliphatic heterocycles. The van der Waals surface area contributed by atoms with Crippen LogP contribution in [0, 0.1) is 0 Å². The highest BCUT2D eigenvalue weighted by atomic mass is 16.6. The predicted molar refractivity (Wildman–Crippen MR) is 136 cm³/mol. The molecule has 2 N–H and O–H groups in total. The molecule has 6 rings (SSSR count). The van der Waals surface area contributed by atoms with Crippen molar-refractivity contribution in [3.8, 4) is 22.8 Å². The Bertz CT molecular complexity index is 1360. The van der Waals surface area contributed by atoms with Gasteiger partial charge in [-0.25, -0.2) is 9.67 Å². The van der Waals surface area contributed by atoms with Crippen molar-refractivity contribution in [1.82, 2.24) is 19.7 Å². The Morgan fingerprint density at radius 1 is 1.14 bits per heavy atom. The van der Waals surface area contributed by atoms with Crippen molar-refractivity contribution in [2.75, 3.05) is 20.3 Å². The van der Waals surface area contributed by atoms with Crippen molar-refractivity contribution in [2.24, 2.45) is 0 Å². The molecule has 0 bridgehead atoms. The zero-order valence-corrected chi connectivity index (χ0v) is 21.0. The maximum atomic E-state index is 11.5. The minimum Gasteiger partial charge on any atom is -0.470 e. The number of nitrogens with zero attached hydrogens (tertiary/aromatic N) is 3. The van der Waals surface area contributed by atoms with Gasteiger partial charge in [-0.1, -0.05) is 26.0 Å². The molecule has 0 spiro atoms. The first-order valence-electron chi connectivity index (χ1n) is 12.4. The summed E-state index contributed by atoms with van der Waals surface area (Å²) in [6.45, 7) is 4.63. The second-order valence-electron chi connectivity index (χ2n) is 8.68. The molecule has 1 unspecified atom stereocenters. The number of hydrogen-bond acceptors (Lipinski definition) is 8. The van der Waals surface area contributed by atoms with Gasteiger partial charge in [0.05, 0.1) is 55.4 Å². The van der Waals surface area contributed by atoms with Gasteiger partial charge in [0.2, 0.25) is 0 Å². The molecule has 37 heavy (non-hydrogen) atoms. The normalized spacial score (nSPS) is 22.4. The van der Waals surface area contributed by atoms with Gasteiger partial charge in [0.1, 0.15) is 18.3 Å². The average Bonchev–Trinajstić information content (AvgIpc) is 3.71. The summed E-state index contributed by atoms with van der Waals surface area (Å²) in [5.41, 5.74) is 5.09. The molecular weight excluding hydrogens is 476 g/mol. The number of aliphatic hydroxyl groups is 1. The smallest absolute Gasteiger partial charge is 0.310 e. The van der Waals surface area contributed by atoms with Crippen LogP contribution in [0.25, 0.3) is 28.0 Å². The van der Waals surface area contributed by atoms with E-state index in [1.165, 1.54) is 7.11 Å². The zero-order valence-electron chi connectivity index (χ0n) is 21.0. The number of H-pyrrole nitrogens is 1. The number of esters is 1. The third-order valence-corrected chi connectivity index (χ3v) is 6.35. The van der Waals surface area contributed by atoms with Crippen LogP contribution < -0.4 is 4.74 Å². The molecule has 2 aliphatic rings. The SMILES string of the molecule is CC.COC(=O)Cc1cnn(-c2ccc(-c3ccc4[nH]c(O[C@@H]5COC6[C@H](O)CO[C@@H]65)cc4n3)cc2)c1. The van der Waals surface area contributed by atoms with Gasteiger partial charge in [-0.3, -0.25) is 4.79 Å². The summed E-state index contributed by atoms with van der Waals surface area (Å²) in [5, 5.41) is 14.2. The number of pyridine rings is 1. The van der Waals surface area contributed by atoms with Crippen molar-refractivity contribution in [1.29, 1.82) is 0 Å². The molecule has 3 aromatic heterocycles. The number of rotatable bonds is 6. The number of methoxy groups -OCH3 is 1. The van der Waals surface area contributed by atoms with Crippen LogP contribution in [0.5, 0.6) is 5.88 Å². The zero-order chi connectivity index (χ0) is 25.9. The highest BCUT2D eigenvalue weighted by molar-refractivity contribution is 5.80. The number of carbonyl (C=O) groups excluding carboxylic acids is 1. The van der Waals surface area contributed by atoms with Crippen LogP contribution in [0.15, 0.2) is 54.9 Å². The molecule has 0 aliphatic carbocycles. The molecule has 4 aromatic rings. The van der Waals surface area contributed by atoms with Gasteiger partial charge in [-0.15, -0.1) is 0 Å². The van der Waals surface area contributed by atoms with Crippen molar-refractivity contribution in [3.63, 3.8) is 0 Å². The van der Waals surface area contributed by atoms with E-state index in [0.29, 0.717) is 12.5 Å². The first kappa shape index (κ1) is 24.9. The molecule has 0 amide bonds. The van der Waals surface area contributed by atoms with Crippen molar-refractivity contribution in [3.05, 3.63) is 60.4 Å². The highest BCUT2D eigenvalue weighted by Gasteiger charge is 2.48. The lowest BCUT2D eigenvalue weighted by molar-refractivity contribution is -0.139. The van der Waals surface area contributed by atoms with Crippen LogP contribution in [0.4, 0.5) is 0 Å². The van der Waals surface area contributed by atoms with Gasteiger partial charge in [0, 0.05) is 23.4 Å². The first-order chi connectivity index (χ1) is 18.1. The molecule has 2 fully saturated rings. The molecule has 1 aromatic carbocycles. The summed E-state index contributed by atoms with van der Waals surface area (Å²) in [4.78, 5) is 19.5. The molecule has 0 saturated carbocycles. The summed E-state index contributed by atoms with van der Waals surface area (Å²) in [6, 6.07) is 13.6. The number of benzene rings is 1. The first-order valence-corrected chi connectivity index (χ1v) is 12.4. The molecular formula is C27H30N4O6. The molecule has 10 heteroatoms. The summed E-state index contributed by atoms with van der Waals surface area (Å²) in [7, 11) is 1.37. The van der Waals surface area contributed by atoms with Crippen LogP contribution in [0.1, 0.15) is 19.4 Å². The molecule has 4 atom stereocenters. The van der Waals surface area contributed by atoms with Crippen LogP contribution in [0.3, 0.4) is 0 Å². The van der Waals surface area contributed by atoms with Crippen LogP contribution >= 0.6 is 0 Å². The number of carbonyl (C=O) groups is 1. The van der Waals surface area contributed by atoms with E-state index in [-0.39, 0.29) is 37.3 Å². The Morgan fingerprint density at radius 2 is 1.92 bits per heavy atom. The minimum absolute atomic E-state index is 0.185. The standard InChI is InChI=1S/C25H24N4O6.C2H6/c1-32-23(31)8-14-10-26-29(11-14)16-4-2-15(3-5-16)17-6-7-18-19(27-17)9-22(28-18)35-21-13-34-24-20(30)12-33-25(21)24;1-2/h2-7,9-11,20-21,24-25,28,30H,8,12-13H2,1H3;1-2H3/t20-,21-,24?,25-;/m1./s1. The van der Waals surface area contributed by atoms with Gasteiger partial charge in [0.15, 0.2) is 12.0 Å². The maximum Gasteiger partial charge on any atom is 0.310 e. The van der Waals surface area contributed by atoms with E-state index in [4.69, 9.17) is 23.9 Å². The number of hydrogen-bond donors (Lipinski definition) is 2. The number of aliphatic hydroxyl groups excluding tert-OH is 1. The molecule has 2 saturated heterocycles. The average molecular weight is 507 g/mol. The van der Waals surface area contributed by atoms with Gasteiger partial charge >= 0.3 is 5.97 Å². The molecule has 10 nitrogen and oxygen atoms in total. The Labute approximate surface area is 214 Å². The predicted octanol–water partition coefficient (Wildman–Crippen LogP) is 3.06. The third kappa shape index (κ3) is 5.08. The lowest BCUT2D eigenvalue weighted by Gasteiger charge is -2.16. The van der Waals surface area contributed by atoms with Crippen LogP contribution in [-0.4, -0.2) is 75.6 Å². The van der Waals surface area contributed by atoms with Gasteiger partial charge in [0.25, 0.3) is 0 Å². The van der Waals surface area contributed by atoms with E-state index >= 15 is 0 Å². The number of nitrogens with one attached hydrogen (secondary N) is 1. The number of ether oxygens (including phenoxy) is 4. The van der Waals surface area contributed by atoms with E-state index < -0.39 is 6.10 Å². The summed E-state index contributed by atoms with van der Waals surface area (Å²) in [5.74, 6) is 0.284. The van der Waals surface area contributed by atoms with E-state index in [1.807, 2.05) is 62.5 Å². The van der Waals surface area contributed by atoms with Crippen LogP contribution in [-0.2, 0) is 25.4 Å². The third-order valence-electron chi connectivity index (χ3n) is 6.35. The fourth-order valence-corrected chi connectivity index (χ4v) is 4.53. The fraction of sp³-hybridized carbons (Fsp3) is 0.370. The van der Waals surface area contributed by atoms with Crippen molar-refractivity contribution >= 4 is 17.0 Å². The minimum atomic E-state index is -0.609. The van der Waals surface area contributed by atoms with Crippen LogP contribution in [0.2, 0.25) is 0 Å². The fourth-order valence-electron chi connectivity index (χ4n) is 4.53. The Morgan fingerprint density at radius 3 is 2.70 bits per heavy atom. The Balaban J connectivity index is 0.00000137. The van der Waals surface area contributed by atoms with Crippen molar-refractivity contribution < 1.29 is 28.8 Å². The second-order valence-corrected chi connectivity index (χ2v) is 8.68. The van der Waals surface area contributed by atoms with E-state index in [0.717, 1.165) is 33.5 Å². The number of aromatic amines is 1. The van der Waals surface area contributed by atoms with E-state index in [9.17, 15) is 9.90 Å². The van der Waals surface area contributed by atoms with Gasteiger partial charge < -0.3 is 29.0 Å². The molecule has 0 radical (unpaired) electrons. The maximum absolute atomic E-state index is 11.5. The lowest BCUT2D eigenvalue weighted by Crippen LogP contribution is -2.34. The molecule has 5 heterocycles. The number of fused-ring (bicyclic) bond motifs is 2. The van der Waals surface area contributed by atoms with Crippen molar-refractivity contribution in [2.45, 2.75) is 44.7 Å². The number of aromatic nitrogens is 4. The summed E-state index contributed by atoms with van der Waals surface area (Å²) < 4.78 is 23.8. The largest absolute Gasteiger partial charge is 0.470 e. The van der Waals surface area contributed by atoms with Gasteiger partial charge in [-0.2, -0.15) is 5.10 Å². The topological polar surface area (TPSA) is 121 Å². The van der Waals surface area contributed by atoms with Gasteiger partial charge in [-0.05, 0) is 24.3 Å². The quantitative estimate of drug-likeness (QED) is 0.383. The molecule has 194 valence electrons.